The SMILES string of the molecule is CCO[C@@](C)(CC)C(=O)Nc1ccc(OCCC(C)(C)OC)c(Cl)c1. The molecular weight excluding hydrogens is 342 g/mol. The summed E-state index contributed by atoms with van der Waals surface area (Å²) in [5.41, 5.74) is -0.495. The maximum absolute atomic E-state index is 12.4. The first kappa shape index (κ1) is 21.7. The number of methoxy groups -OCH3 is 1. The monoisotopic (exact) mass is 371 g/mol. The van der Waals surface area contributed by atoms with E-state index in [4.69, 9.17) is 25.8 Å². The fraction of sp³-hybridized carbons (Fsp3) is 0.632. The Kier molecular flexibility index (Phi) is 8.19. The normalized spacial score (nSPS) is 14.0. The summed E-state index contributed by atoms with van der Waals surface area (Å²) in [6, 6.07) is 5.20. The van der Waals surface area contributed by atoms with Crippen LogP contribution in [0.25, 0.3) is 0 Å². The second-order valence-electron chi connectivity index (χ2n) is 6.68. The van der Waals surface area contributed by atoms with Crippen molar-refractivity contribution in [2.24, 2.45) is 0 Å². The van der Waals surface area contributed by atoms with Gasteiger partial charge in [0.15, 0.2) is 0 Å². The van der Waals surface area contributed by atoms with Gasteiger partial charge in [-0.05, 0) is 52.3 Å². The molecule has 1 amide bonds. The van der Waals surface area contributed by atoms with E-state index >= 15 is 0 Å². The number of halogens is 1. The predicted molar refractivity (Wildman–Crippen MR) is 102 cm³/mol. The van der Waals surface area contributed by atoms with Crippen LogP contribution in [-0.2, 0) is 14.3 Å². The van der Waals surface area contributed by atoms with Crippen molar-refractivity contribution in [2.45, 2.75) is 58.7 Å². The van der Waals surface area contributed by atoms with Crippen molar-refractivity contribution in [1.29, 1.82) is 0 Å². The lowest BCUT2D eigenvalue weighted by atomic mass is 10.0. The first-order valence-electron chi connectivity index (χ1n) is 8.60. The van der Waals surface area contributed by atoms with E-state index in [1.54, 1.807) is 32.2 Å². The van der Waals surface area contributed by atoms with Crippen LogP contribution in [0, 0.1) is 0 Å². The summed E-state index contributed by atoms with van der Waals surface area (Å²) in [6.07, 6.45) is 1.32. The van der Waals surface area contributed by atoms with E-state index in [0.717, 1.165) is 6.42 Å². The summed E-state index contributed by atoms with van der Waals surface area (Å²) in [6.45, 7) is 10.5. The zero-order chi connectivity index (χ0) is 19.1. The minimum Gasteiger partial charge on any atom is -0.492 e. The fourth-order valence-corrected chi connectivity index (χ4v) is 2.35. The summed E-state index contributed by atoms with van der Waals surface area (Å²) in [5.74, 6) is 0.387. The molecule has 1 atom stereocenters. The Hall–Kier alpha value is -1.30. The van der Waals surface area contributed by atoms with Gasteiger partial charge >= 0.3 is 0 Å². The molecule has 1 N–H and O–H groups in total. The molecule has 0 aliphatic rings. The van der Waals surface area contributed by atoms with Crippen LogP contribution in [0.2, 0.25) is 5.02 Å². The summed E-state index contributed by atoms with van der Waals surface area (Å²) in [5, 5.41) is 3.30. The molecule has 142 valence electrons. The molecule has 1 aromatic rings. The molecule has 6 heteroatoms. The van der Waals surface area contributed by atoms with Gasteiger partial charge < -0.3 is 19.5 Å². The standard InChI is InChI=1S/C19H30ClNO4/c1-7-19(5,25-8-2)17(22)21-14-9-10-16(15(20)13-14)24-12-11-18(3,4)23-6/h9-10,13H,7-8,11-12H2,1-6H3,(H,21,22)/t19-/m0/s1. The minimum absolute atomic E-state index is 0.191. The van der Waals surface area contributed by atoms with Crippen molar-refractivity contribution < 1.29 is 19.0 Å². The maximum atomic E-state index is 12.4. The van der Waals surface area contributed by atoms with Gasteiger partial charge in [0.2, 0.25) is 0 Å². The van der Waals surface area contributed by atoms with Gasteiger partial charge in [-0.3, -0.25) is 4.79 Å². The molecule has 0 unspecified atom stereocenters. The zero-order valence-corrected chi connectivity index (χ0v) is 16.8. The van der Waals surface area contributed by atoms with Crippen molar-refractivity contribution in [1.82, 2.24) is 0 Å². The Balaban J connectivity index is 2.71. The van der Waals surface area contributed by atoms with Crippen LogP contribution >= 0.6 is 11.6 Å². The van der Waals surface area contributed by atoms with Gasteiger partial charge in [-0.25, -0.2) is 0 Å². The molecule has 0 aliphatic carbocycles. The third-order valence-electron chi connectivity index (χ3n) is 4.32. The van der Waals surface area contributed by atoms with Crippen LogP contribution in [0.4, 0.5) is 5.69 Å². The lowest BCUT2D eigenvalue weighted by Gasteiger charge is -2.26. The number of hydrogen-bond acceptors (Lipinski definition) is 4. The number of carbonyl (C=O) groups is 1. The van der Waals surface area contributed by atoms with E-state index in [1.807, 2.05) is 27.7 Å². The number of rotatable bonds is 10. The minimum atomic E-state index is -0.859. The molecule has 0 aliphatic heterocycles. The van der Waals surface area contributed by atoms with Gasteiger partial charge in [0, 0.05) is 25.8 Å². The Morgan fingerprint density at radius 1 is 1.24 bits per heavy atom. The fourth-order valence-electron chi connectivity index (χ4n) is 2.11. The molecule has 5 nitrogen and oxygen atoms in total. The number of carbonyl (C=O) groups excluding carboxylic acids is 1. The molecule has 0 bridgehead atoms. The number of amides is 1. The quantitative estimate of drug-likeness (QED) is 0.648. The topological polar surface area (TPSA) is 56.8 Å². The van der Waals surface area contributed by atoms with Crippen molar-refractivity contribution in [2.75, 3.05) is 25.6 Å². The molecule has 1 aromatic carbocycles. The smallest absolute Gasteiger partial charge is 0.256 e. The second-order valence-corrected chi connectivity index (χ2v) is 7.09. The first-order chi connectivity index (χ1) is 11.7. The second kappa shape index (κ2) is 9.41. The van der Waals surface area contributed by atoms with Gasteiger partial charge in [-0.2, -0.15) is 0 Å². The van der Waals surface area contributed by atoms with E-state index < -0.39 is 5.60 Å². The molecule has 0 fully saturated rings. The predicted octanol–water partition coefficient (Wildman–Crippen LogP) is 4.68. The molecule has 25 heavy (non-hydrogen) atoms. The summed E-state index contributed by atoms with van der Waals surface area (Å²) in [4.78, 5) is 12.4. The summed E-state index contributed by atoms with van der Waals surface area (Å²) < 4.78 is 16.7. The van der Waals surface area contributed by atoms with Crippen molar-refractivity contribution in [3.8, 4) is 5.75 Å². The Morgan fingerprint density at radius 3 is 2.44 bits per heavy atom. The van der Waals surface area contributed by atoms with Crippen LogP contribution in [0.15, 0.2) is 18.2 Å². The van der Waals surface area contributed by atoms with E-state index in [9.17, 15) is 4.79 Å². The lowest BCUT2D eigenvalue weighted by molar-refractivity contribution is -0.139. The molecule has 0 radical (unpaired) electrons. The number of ether oxygens (including phenoxy) is 3. The van der Waals surface area contributed by atoms with E-state index in [1.165, 1.54) is 0 Å². The number of nitrogens with one attached hydrogen (secondary N) is 1. The molecule has 0 spiro atoms. The maximum Gasteiger partial charge on any atom is 0.256 e. The van der Waals surface area contributed by atoms with Gasteiger partial charge in [-0.15, -0.1) is 0 Å². The van der Waals surface area contributed by atoms with Crippen LogP contribution in [0.1, 0.15) is 47.5 Å². The van der Waals surface area contributed by atoms with Crippen LogP contribution < -0.4 is 10.1 Å². The zero-order valence-electron chi connectivity index (χ0n) is 16.1. The Labute approximate surface area is 156 Å². The third-order valence-corrected chi connectivity index (χ3v) is 4.62. The highest BCUT2D eigenvalue weighted by Crippen LogP contribution is 2.29. The van der Waals surface area contributed by atoms with E-state index in [0.29, 0.717) is 36.1 Å². The molecule has 0 heterocycles. The summed E-state index contributed by atoms with van der Waals surface area (Å²) >= 11 is 6.27. The average Bonchev–Trinajstić information content (AvgIpc) is 2.56. The van der Waals surface area contributed by atoms with Crippen LogP contribution in [-0.4, -0.2) is 37.4 Å². The molecule has 0 saturated heterocycles. The van der Waals surface area contributed by atoms with E-state index in [2.05, 4.69) is 5.32 Å². The highest BCUT2D eigenvalue weighted by atomic mass is 35.5. The Morgan fingerprint density at radius 2 is 1.92 bits per heavy atom. The molecule has 0 saturated carbocycles. The van der Waals surface area contributed by atoms with Crippen molar-refractivity contribution in [3.05, 3.63) is 23.2 Å². The first-order valence-corrected chi connectivity index (χ1v) is 8.98. The largest absolute Gasteiger partial charge is 0.492 e. The highest BCUT2D eigenvalue weighted by molar-refractivity contribution is 6.32. The van der Waals surface area contributed by atoms with Gasteiger partial charge in [0.1, 0.15) is 11.4 Å². The number of benzene rings is 1. The third kappa shape index (κ3) is 6.49. The average molecular weight is 372 g/mol. The van der Waals surface area contributed by atoms with Crippen molar-refractivity contribution >= 4 is 23.2 Å². The van der Waals surface area contributed by atoms with E-state index in [-0.39, 0.29) is 11.5 Å². The number of anilines is 1. The van der Waals surface area contributed by atoms with Gasteiger partial charge in [-0.1, -0.05) is 18.5 Å². The summed E-state index contributed by atoms with van der Waals surface area (Å²) in [7, 11) is 1.68. The van der Waals surface area contributed by atoms with Crippen LogP contribution in [0.3, 0.4) is 0 Å². The van der Waals surface area contributed by atoms with Crippen molar-refractivity contribution in [3.63, 3.8) is 0 Å². The van der Waals surface area contributed by atoms with Gasteiger partial charge in [0.25, 0.3) is 5.91 Å². The van der Waals surface area contributed by atoms with Gasteiger partial charge in [0.05, 0.1) is 17.2 Å². The molecule has 1 rings (SSSR count). The molecule has 0 aromatic heterocycles. The van der Waals surface area contributed by atoms with Crippen LogP contribution in [0.5, 0.6) is 5.75 Å². The highest BCUT2D eigenvalue weighted by Gasteiger charge is 2.31. The molecular formula is C19H30ClNO4. The Bertz CT molecular complexity index is 577. The lowest BCUT2D eigenvalue weighted by Crippen LogP contribution is -2.42. The number of hydrogen-bond donors (Lipinski definition) is 1.